The molecular formula is C16H28N2O3. The fourth-order valence-electron chi connectivity index (χ4n) is 3.69. The highest BCUT2D eigenvalue weighted by atomic mass is 16.4. The van der Waals surface area contributed by atoms with Crippen molar-refractivity contribution in [3.63, 3.8) is 0 Å². The van der Waals surface area contributed by atoms with Crippen molar-refractivity contribution < 1.29 is 14.7 Å². The van der Waals surface area contributed by atoms with Crippen molar-refractivity contribution in [1.29, 1.82) is 0 Å². The van der Waals surface area contributed by atoms with Crippen molar-refractivity contribution in [3.8, 4) is 0 Å². The summed E-state index contributed by atoms with van der Waals surface area (Å²) < 4.78 is 0. The summed E-state index contributed by atoms with van der Waals surface area (Å²) in [5, 5.41) is 15.2. The zero-order valence-electron chi connectivity index (χ0n) is 12.9. The maximum absolute atomic E-state index is 12.2. The molecule has 0 aromatic carbocycles. The predicted molar refractivity (Wildman–Crippen MR) is 81.1 cm³/mol. The van der Waals surface area contributed by atoms with Crippen LogP contribution in [0.3, 0.4) is 0 Å². The molecule has 2 aliphatic carbocycles. The highest BCUT2D eigenvalue weighted by Gasteiger charge is 2.32. The van der Waals surface area contributed by atoms with Gasteiger partial charge < -0.3 is 15.7 Å². The van der Waals surface area contributed by atoms with Gasteiger partial charge in [0.25, 0.3) is 0 Å². The average molecular weight is 296 g/mol. The molecular weight excluding hydrogens is 268 g/mol. The van der Waals surface area contributed by atoms with Gasteiger partial charge in [-0.25, -0.2) is 4.79 Å². The SMILES string of the molecule is CC1CCCCCC1NC(=O)NC1CCCCC1C(=O)O. The average Bonchev–Trinajstić information content (AvgIpc) is 2.64. The van der Waals surface area contributed by atoms with Crippen LogP contribution in [-0.4, -0.2) is 29.2 Å². The van der Waals surface area contributed by atoms with Crippen LogP contribution in [0.2, 0.25) is 0 Å². The van der Waals surface area contributed by atoms with Crippen LogP contribution >= 0.6 is 0 Å². The van der Waals surface area contributed by atoms with Crippen LogP contribution in [0, 0.1) is 11.8 Å². The van der Waals surface area contributed by atoms with E-state index >= 15 is 0 Å². The minimum absolute atomic E-state index is 0.188. The molecule has 0 radical (unpaired) electrons. The van der Waals surface area contributed by atoms with Gasteiger partial charge in [0.2, 0.25) is 0 Å². The summed E-state index contributed by atoms with van der Waals surface area (Å²) in [6, 6.07) is -0.191. The number of amides is 2. The number of carboxylic acids is 1. The quantitative estimate of drug-likeness (QED) is 0.701. The van der Waals surface area contributed by atoms with Crippen molar-refractivity contribution in [2.45, 2.75) is 76.8 Å². The van der Waals surface area contributed by atoms with E-state index in [-0.39, 0.29) is 18.1 Å². The molecule has 0 aromatic rings. The maximum atomic E-state index is 12.2. The zero-order valence-corrected chi connectivity index (χ0v) is 12.9. The van der Waals surface area contributed by atoms with Crippen molar-refractivity contribution in [1.82, 2.24) is 10.6 Å². The Labute approximate surface area is 126 Å². The van der Waals surface area contributed by atoms with E-state index in [4.69, 9.17) is 0 Å². The molecule has 120 valence electrons. The molecule has 2 fully saturated rings. The summed E-state index contributed by atoms with van der Waals surface area (Å²) in [5.41, 5.74) is 0. The van der Waals surface area contributed by atoms with E-state index in [2.05, 4.69) is 17.6 Å². The van der Waals surface area contributed by atoms with Crippen LogP contribution in [0.1, 0.15) is 64.7 Å². The van der Waals surface area contributed by atoms with Crippen LogP contribution in [-0.2, 0) is 4.79 Å². The van der Waals surface area contributed by atoms with Gasteiger partial charge in [0.1, 0.15) is 0 Å². The van der Waals surface area contributed by atoms with Gasteiger partial charge in [0.15, 0.2) is 0 Å². The third kappa shape index (κ3) is 4.61. The van der Waals surface area contributed by atoms with Crippen LogP contribution in [0.15, 0.2) is 0 Å². The molecule has 5 nitrogen and oxygen atoms in total. The van der Waals surface area contributed by atoms with Gasteiger partial charge in [-0.3, -0.25) is 4.79 Å². The number of rotatable bonds is 3. The Morgan fingerprint density at radius 2 is 1.43 bits per heavy atom. The number of urea groups is 1. The number of carboxylic acid groups (broad SMARTS) is 1. The number of aliphatic carboxylic acids is 1. The molecule has 2 rings (SSSR count). The second kappa shape index (κ2) is 7.66. The monoisotopic (exact) mass is 296 g/mol. The van der Waals surface area contributed by atoms with E-state index in [1.807, 2.05) is 0 Å². The zero-order chi connectivity index (χ0) is 15.2. The van der Waals surface area contributed by atoms with Crippen molar-refractivity contribution >= 4 is 12.0 Å². The first kappa shape index (κ1) is 16.1. The molecule has 21 heavy (non-hydrogen) atoms. The molecule has 3 N–H and O–H groups in total. The standard InChI is InChI=1S/C16H28N2O3/c1-11-7-3-2-4-9-13(11)17-16(21)18-14-10-6-5-8-12(14)15(19)20/h11-14H,2-10H2,1H3,(H,19,20)(H2,17,18,21). The van der Waals surface area contributed by atoms with Crippen molar-refractivity contribution in [2.75, 3.05) is 0 Å². The number of carbonyl (C=O) groups is 2. The van der Waals surface area contributed by atoms with Crippen LogP contribution in [0.4, 0.5) is 4.79 Å². The first-order valence-electron chi connectivity index (χ1n) is 8.37. The van der Waals surface area contributed by atoms with Crippen molar-refractivity contribution in [2.24, 2.45) is 11.8 Å². The summed E-state index contributed by atoms with van der Waals surface area (Å²) in [4.78, 5) is 23.5. The normalized spacial score (nSPS) is 33.8. The molecule has 2 saturated carbocycles. The minimum Gasteiger partial charge on any atom is -0.481 e. The van der Waals surface area contributed by atoms with Gasteiger partial charge in [-0.15, -0.1) is 0 Å². The molecule has 0 bridgehead atoms. The lowest BCUT2D eigenvalue weighted by molar-refractivity contribution is -0.143. The first-order chi connectivity index (χ1) is 10.1. The summed E-state index contributed by atoms with van der Waals surface area (Å²) in [6.45, 7) is 2.19. The lowest BCUT2D eigenvalue weighted by atomic mass is 9.84. The molecule has 0 spiro atoms. The van der Waals surface area contributed by atoms with E-state index in [1.54, 1.807) is 0 Å². The van der Waals surface area contributed by atoms with E-state index in [1.165, 1.54) is 12.8 Å². The molecule has 4 atom stereocenters. The van der Waals surface area contributed by atoms with Gasteiger partial charge in [-0.1, -0.05) is 39.0 Å². The fourth-order valence-corrected chi connectivity index (χ4v) is 3.69. The third-order valence-corrected chi connectivity index (χ3v) is 5.08. The van der Waals surface area contributed by atoms with Crippen molar-refractivity contribution in [3.05, 3.63) is 0 Å². The molecule has 0 heterocycles. The highest BCUT2D eigenvalue weighted by Crippen LogP contribution is 2.25. The summed E-state index contributed by atoms with van der Waals surface area (Å²) >= 11 is 0. The van der Waals surface area contributed by atoms with E-state index < -0.39 is 11.9 Å². The molecule has 5 heteroatoms. The van der Waals surface area contributed by atoms with E-state index in [0.29, 0.717) is 12.3 Å². The third-order valence-electron chi connectivity index (χ3n) is 5.08. The molecule has 2 aliphatic rings. The van der Waals surface area contributed by atoms with E-state index in [0.717, 1.165) is 38.5 Å². The topological polar surface area (TPSA) is 78.4 Å². The summed E-state index contributed by atoms with van der Waals surface area (Å²) in [6.07, 6.45) is 9.21. The smallest absolute Gasteiger partial charge is 0.315 e. The second-order valence-corrected chi connectivity index (χ2v) is 6.68. The molecule has 0 aliphatic heterocycles. The number of hydrogen-bond donors (Lipinski definition) is 3. The Bertz CT molecular complexity index is 373. The Hall–Kier alpha value is -1.26. The Morgan fingerprint density at radius 1 is 0.857 bits per heavy atom. The Morgan fingerprint density at radius 3 is 2.19 bits per heavy atom. The largest absolute Gasteiger partial charge is 0.481 e. The molecule has 2 amide bonds. The summed E-state index contributed by atoms with van der Waals surface area (Å²) in [5.74, 6) is -0.723. The lowest BCUT2D eigenvalue weighted by Gasteiger charge is -2.30. The Balaban J connectivity index is 1.86. The van der Waals surface area contributed by atoms with Gasteiger partial charge in [-0.05, 0) is 31.6 Å². The van der Waals surface area contributed by atoms with Crippen LogP contribution in [0.5, 0.6) is 0 Å². The Kier molecular flexibility index (Phi) is 5.88. The lowest BCUT2D eigenvalue weighted by Crippen LogP contribution is -2.52. The molecule has 0 aromatic heterocycles. The highest BCUT2D eigenvalue weighted by molar-refractivity contribution is 5.77. The predicted octanol–water partition coefficient (Wildman–Crippen LogP) is 2.90. The number of carbonyl (C=O) groups excluding carboxylic acids is 1. The van der Waals surface area contributed by atoms with E-state index in [9.17, 15) is 14.7 Å². The fraction of sp³-hybridized carbons (Fsp3) is 0.875. The molecule has 4 unspecified atom stereocenters. The first-order valence-corrected chi connectivity index (χ1v) is 8.37. The summed E-state index contributed by atoms with van der Waals surface area (Å²) in [7, 11) is 0. The van der Waals surface area contributed by atoms with Gasteiger partial charge in [0.05, 0.1) is 5.92 Å². The van der Waals surface area contributed by atoms with Gasteiger partial charge in [0, 0.05) is 12.1 Å². The van der Waals surface area contributed by atoms with Gasteiger partial charge >= 0.3 is 12.0 Å². The maximum Gasteiger partial charge on any atom is 0.315 e. The van der Waals surface area contributed by atoms with Crippen LogP contribution in [0.25, 0.3) is 0 Å². The molecule has 0 saturated heterocycles. The minimum atomic E-state index is -0.789. The number of hydrogen-bond acceptors (Lipinski definition) is 2. The number of nitrogens with one attached hydrogen (secondary N) is 2. The second-order valence-electron chi connectivity index (χ2n) is 6.68. The van der Waals surface area contributed by atoms with Crippen LogP contribution < -0.4 is 10.6 Å². The van der Waals surface area contributed by atoms with Gasteiger partial charge in [-0.2, -0.15) is 0 Å².